The molecular weight excluding hydrogens is 280 g/mol. The first-order valence-electron chi connectivity index (χ1n) is 8.23. The Kier molecular flexibility index (Phi) is 3.46. The number of carbonyl (C=O) groups excluding carboxylic acids is 1. The molecule has 0 N–H and O–H groups in total. The summed E-state index contributed by atoms with van der Waals surface area (Å²) in [5.41, 5.74) is 1.81. The number of aryl methyl sites for hydroxylation is 1. The third-order valence-corrected chi connectivity index (χ3v) is 5.16. The number of hydrogen-bond acceptors (Lipinski definition) is 4. The van der Waals surface area contributed by atoms with Gasteiger partial charge >= 0.3 is 0 Å². The van der Waals surface area contributed by atoms with Gasteiger partial charge in [0.25, 0.3) is 5.91 Å². The second kappa shape index (κ2) is 5.35. The number of ether oxygens (including phenoxy) is 1. The molecule has 2 saturated heterocycles. The van der Waals surface area contributed by atoms with Crippen LogP contribution in [-0.2, 0) is 11.8 Å². The highest BCUT2D eigenvalue weighted by atomic mass is 16.5. The summed E-state index contributed by atoms with van der Waals surface area (Å²) in [6.07, 6.45) is 2.45. The van der Waals surface area contributed by atoms with Crippen LogP contribution in [-0.4, -0.2) is 71.4 Å². The van der Waals surface area contributed by atoms with Crippen molar-refractivity contribution in [1.29, 1.82) is 0 Å². The van der Waals surface area contributed by atoms with Crippen molar-refractivity contribution in [1.82, 2.24) is 19.6 Å². The number of hydrogen-bond donors (Lipinski definition) is 0. The van der Waals surface area contributed by atoms with E-state index in [9.17, 15) is 4.79 Å². The van der Waals surface area contributed by atoms with Crippen LogP contribution in [0.3, 0.4) is 0 Å². The van der Waals surface area contributed by atoms with E-state index >= 15 is 0 Å². The minimum atomic E-state index is 0.0784. The molecule has 0 radical (unpaired) electrons. The Labute approximate surface area is 131 Å². The maximum Gasteiger partial charge on any atom is 0.274 e. The molecule has 3 heterocycles. The third kappa shape index (κ3) is 2.54. The van der Waals surface area contributed by atoms with Gasteiger partial charge in [0.1, 0.15) is 0 Å². The Hall–Kier alpha value is -1.40. The highest BCUT2D eigenvalue weighted by Crippen LogP contribution is 2.40. The Morgan fingerprint density at radius 1 is 1.23 bits per heavy atom. The molecule has 0 aromatic carbocycles. The zero-order valence-corrected chi connectivity index (χ0v) is 13.4. The van der Waals surface area contributed by atoms with Gasteiger partial charge in [-0.1, -0.05) is 0 Å². The highest BCUT2D eigenvalue weighted by molar-refractivity contribution is 5.92. The second-order valence-corrected chi connectivity index (χ2v) is 7.06. The number of carbonyl (C=O) groups is 1. The number of amides is 1. The first kappa shape index (κ1) is 14.2. The molecule has 2 aliphatic heterocycles. The van der Waals surface area contributed by atoms with Crippen molar-refractivity contribution in [2.45, 2.75) is 24.8 Å². The second-order valence-electron chi connectivity index (χ2n) is 7.06. The summed E-state index contributed by atoms with van der Waals surface area (Å²) in [5.74, 6) is 1.09. The van der Waals surface area contributed by atoms with Gasteiger partial charge in [0.05, 0.1) is 19.3 Å². The molecule has 4 rings (SSSR count). The summed E-state index contributed by atoms with van der Waals surface area (Å²) < 4.78 is 7.62. The molecule has 1 aromatic rings. The van der Waals surface area contributed by atoms with E-state index in [0.717, 1.165) is 26.2 Å². The van der Waals surface area contributed by atoms with Crippen LogP contribution in [0.15, 0.2) is 6.07 Å². The fourth-order valence-electron chi connectivity index (χ4n) is 3.73. The van der Waals surface area contributed by atoms with Crippen molar-refractivity contribution in [2.24, 2.45) is 13.0 Å². The molecule has 1 aromatic heterocycles. The number of fused-ring (bicyclic) bond motifs is 3. The van der Waals surface area contributed by atoms with Crippen molar-refractivity contribution in [3.63, 3.8) is 0 Å². The topological polar surface area (TPSA) is 50.6 Å². The van der Waals surface area contributed by atoms with Crippen LogP contribution >= 0.6 is 0 Å². The van der Waals surface area contributed by atoms with E-state index in [2.05, 4.69) is 17.0 Å². The van der Waals surface area contributed by atoms with Gasteiger partial charge in [-0.05, 0) is 26.0 Å². The van der Waals surface area contributed by atoms with Gasteiger partial charge < -0.3 is 9.64 Å². The maximum atomic E-state index is 12.9. The predicted octanol–water partition coefficient (Wildman–Crippen LogP) is 0.700. The Morgan fingerprint density at radius 3 is 2.82 bits per heavy atom. The third-order valence-electron chi connectivity index (χ3n) is 5.16. The zero-order chi connectivity index (χ0) is 15.3. The Balaban J connectivity index is 1.55. The monoisotopic (exact) mass is 304 g/mol. The summed E-state index contributed by atoms with van der Waals surface area (Å²) in [6, 6.07) is 2.30. The summed E-state index contributed by atoms with van der Waals surface area (Å²) in [4.78, 5) is 17.2. The van der Waals surface area contributed by atoms with Crippen LogP contribution in [0.4, 0.5) is 0 Å². The van der Waals surface area contributed by atoms with E-state index in [1.54, 1.807) is 0 Å². The largest absolute Gasteiger partial charge is 0.379 e. The predicted molar refractivity (Wildman–Crippen MR) is 81.8 cm³/mol. The molecular formula is C16H24N4O2. The summed E-state index contributed by atoms with van der Waals surface area (Å²) >= 11 is 0. The van der Waals surface area contributed by atoms with Crippen molar-refractivity contribution in [2.75, 3.05) is 39.9 Å². The molecule has 1 aliphatic carbocycles. The van der Waals surface area contributed by atoms with E-state index in [4.69, 9.17) is 4.74 Å². The van der Waals surface area contributed by atoms with E-state index in [1.165, 1.54) is 18.5 Å². The molecule has 1 saturated carbocycles. The smallest absolute Gasteiger partial charge is 0.274 e. The summed E-state index contributed by atoms with van der Waals surface area (Å²) in [5, 5.41) is 4.47. The maximum absolute atomic E-state index is 12.9. The lowest BCUT2D eigenvalue weighted by Gasteiger charge is -2.29. The molecule has 22 heavy (non-hydrogen) atoms. The summed E-state index contributed by atoms with van der Waals surface area (Å²) in [6.45, 7) is 3.98. The lowest BCUT2D eigenvalue weighted by atomic mass is 10.1. The minimum absolute atomic E-state index is 0.0784. The summed E-state index contributed by atoms with van der Waals surface area (Å²) in [7, 11) is 4.08. The number of nitrogens with zero attached hydrogens (tertiary/aromatic N) is 4. The van der Waals surface area contributed by atoms with Gasteiger partial charge in [-0.2, -0.15) is 5.10 Å². The zero-order valence-electron chi connectivity index (χ0n) is 13.4. The first-order chi connectivity index (χ1) is 10.6. The van der Waals surface area contributed by atoms with Gasteiger partial charge in [-0.25, -0.2) is 0 Å². The highest BCUT2D eigenvalue weighted by Gasteiger charge is 2.35. The van der Waals surface area contributed by atoms with Gasteiger partial charge in [0.15, 0.2) is 5.69 Å². The van der Waals surface area contributed by atoms with Gasteiger partial charge in [0, 0.05) is 44.2 Å². The Bertz CT molecular complexity index is 581. The van der Waals surface area contributed by atoms with Crippen molar-refractivity contribution < 1.29 is 9.53 Å². The fourth-order valence-corrected chi connectivity index (χ4v) is 3.73. The normalized spacial score (nSPS) is 29.5. The minimum Gasteiger partial charge on any atom is -0.379 e. The molecule has 2 bridgehead atoms. The van der Waals surface area contributed by atoms with Crippen LogP contribution in [0.5, 0.6) is 0 Å². The van der Waals surface area contributed by atoms with E-state index in [1.807, 2.05) is 22.7 Å². The van der Waals surface area contributed by atoms with E-state index in [-0.39, 0.29) is 5.91 Å². The molecule has 120 valence electrons. The first-order valence-corrected chi connectivity index (χ1v) is 8.23. The van der Waals surface area contributed by atoms with Crippen molar-refractivity contribution in [3.8, 4) is 0 Å². The molecule has 0 spiro atoms. The quantitative estimate of drug-likeness (QED) is 0.807. The molecule has 3 aliphatic rings. The Morgan fingerprint density at radius 2 is 2.05 bits per heavy atom. The molecule has 1 amide bonds. The standard InChI is InChI=1S/C16H24N4O2/c1-18-6-11-7-20(8-13(18)10-22-9-11)16(21)14-5-15(12-3-4-12)19(2)17-14/h5,11-13H,3-4,6-10H2,1-2H3/t11-,13+/m1/s1. The average Bonchev–Trinajstić information content (AvgIpc) is 3.26. The van der Waals surface area contributed by atoms with Crippen molar-refractivity contribution in [3.05, 3.63) is 17.5 Å². The van der Waals surface area contributed by atoms with Crippen LogP contribution < -0.4 is 0 Å². The van der Waals surface area contributed by atoms with Crippen LogP contribution in [0.2, 0.25) is 0 Å². The van der Waals surface area contributed by atoms with E-state index < -0.39 is 0 Å². The van der Waals surface area contributed by atoms with Crippen molar-refractivity contribution >= 4 is 5.91 Å². The van der Waals surface area contributed by atoms with Gasteiger partial charge in [-0.3, -0.25) is 14.4 Å². The molecule has 6 nitrogen and oxygen atoms in total. The van der Waals surface area contributed by atoms with E-state index in [0.29, 0.717) is 30.2 Å². The number of likely N-dealkylation sites (N-methyl/N-ethyl adjacent to an activating group) is 1. The molecule has 0 unspecified atom stereocenters. The fraction of sp³-hybridized carbons (Fsp3) is 0.750. The van der Waals surface area contributed by atoms with Gasteiger partial charge in [0.2, 0.25) is 0 Å². The van der Waals surface area contributed by atoms with Gasteiger partial charge in [-0.15, -0.1) is 0 Å². The molecule has 3 fully saturated rings. The SMILES string of the molecule is CN1C[C@H]2COC[C@@H]1CN(C(=O)c1cc(C3CC3)n(C)n1)C2. The average molecular weight is 304 g/mol. The lowest BCUT2D eigenvalue weighted by Crippen LogP contribution is -2.44. The van der Waals surface area contributed by atoms with Crippen LogP contribution in [0, 0.1) is 5.92 Å². The molecule has 6 heteroatoms. The lowest BCUT2D eigenvalue weighted by molar-refractivity contribution is 0.0429. The number of rotatable bonds is 2. The molecule has 2 atom stereocenters. The number of aromatic nitrogens is 2. The van der Waals surface area contributed by atoms with Crippen LogP contribution in [0.25, 0.3) is 0 Å². The van der Waals surface area contributed by atoms with Crippen LogP contribution in [0.1, 0.15) is 34.9 Å².